The summed E-state index contributed by atoms with van der Waals surface area (Å²) in [5.74, 6) is 0.132. The number of esters is 1. The summed E-state index contributed by atoms with van der Waals surface area (Å²) in [5, 5.41) is 10.8. The summed E-state index contributed by atoms with van der Waals surface area (Å²) in [5.41, 5.74) is -1.55. The van der Waals surface area contributed by atoms with Crippen molar-refractivity contribution in [1.29, 1.82) is 0 Å². The van der Waals surface area contributed by atoms with E-state index in [1.165, 1.54) is 0 Å². The Morgan fingerprint density at radius 3 is 2.38 bits per heavy atom. The highest BCUT2D eigenvalue weighted by Crippen LogP contribution is 2.47. The quantitative estimate of drug-likeness (QED) is 0.550. The lowest BCUT2D eigenvalue weighted by Crippen LogP contribution is -2.50. The first-order valence-corrected chi connectivity index (χ1v) is 10.0. The third-order valence-corrected chi connectivity index (χ3v) is 7.06. The zero-order valence-corrected chi connectivity index (χ0v) is 17.3. The van der Waals surface area contributed by atoms with Gasteiger partial charge >= 0.3 is 5.97 Å². The van der Waals surface area contributed by atoms with Crippen LogP contribution in [0.3, 0.4) is 0 Å². The minimum atomic E-state index is -0.964. The summed E-state index contributed by atoms with van der Waals surface area (Å²) in [7, 11) is 0. The molecule has 0 amide bonds. The van der Waals surface area contributed by atoms with E-state index in [0.29, 0.717) is 24.9 Å². The van der Waals surface area contributed by atoms with Crippen molar-refractivity contribution in [2.45, 2.75) is 97.1 Å². The molecule has 5 unspecified atom stereocenters. The summed E-state index contributed by atoms with van der Waals surface area (Å²) < 4.78 is 16.9. The highest BCUT2D eigenvalue weighted by atomic mass is 16.6. The van der Waals surface area contributed by atoms with E-state index >= 15 is 0 Å². The molecule has 3 aliphatic rings. The van der Waals surface area contributed by atoms with Crippen molar-refractivity contribution in [3.05, 3.63) is 0 Å². The minimum absolute atomic E-state index is 0.0802. The molecule has 5 atom stereocenters. The van der Waals surface area contributed by atoms with Crippen LogP contribution in [-0.2, 0) is 19.0 Å². The molecule has 1 aliphatic carbocycles. The zero-order chi connectivity index (χ0) is 19.4. The van der Waals surface area contributed by atoms with Gasteiger partial charge in [0.05, 0.1) is 35.9 Å². The number of hydrogen-bond donors (Lipinski definition) is 1. The second-order valence-corrected chi connectivity index (χ2v) is 10.5. The Hall–Kier alpha value is -0.650. The fourth-order valence-corrected chi connectivity index (χ4v) is 4.02. The van der Waals surface area contributed by atoms with Crippen molar-refractivity contribution >= 4 is 5.97 Å². The summed E-state index contributed by atoms with van der Waals surface area (Å²) in [4.78, 5) is 12.9. The molecule has 0 spiro atoms. The first-order chi connectivity index (χ1) is 11.9. The second-order valence-electron chi connectivity index (χ2n) is 10.5. The molecule has 5 heteroatoms. The number of rotatable bonds is 7. The Morgan fingerprint density at radius 2 is 1.85 bits per heavy atom. The Bertz CT molecular complexity index is 543. The molecule has 2 heterocycles. The van der Waals surface area contributed by atoms with Crippen molar-refractivity contribution in [3.63, 3.8) is 0 Å². The van der Waals surface area contributed by atoms with Gasteiger partial charge in [-0.2, -0.15) is 0 Å². The zero-order valence-electron chi connectivity index (χ0n) is 17.3. The second kappa shape index (κ2) is 6.46. The smallest absolute Gasteiger partial charge is 0.311 e. The molecule has 1 saturated carbocycles. The van der Waals surface area contributed by atoms with Crippen LogP contribution < -0.4 is 0 Å². The lowest BCUT2D eigenvalue weighted by molar-refractivity contribution is -0.183. The van der Waals surface area contributed by atoms with Crippen LogP contribution >= 0.6 is 0 Å². The number of ether oxygens (including phenoxy) is 3. The van der Waals surface area contributed by atoms with Gasteiger partial charge in [0.25, 0.3) is 0 Å². The Morgan fingerprint density at radius 1 is 1.23 bits per heavy atom. The maximum Gasteiger partial charge on any atom is 0.311 e. The molecule has 0 radical (unpaired) electrons. The van der Waals surface area contributed by atoms with Crippen molar-refractivity contribution in [2.75, 3.05) is 13.2 Å². The molecule has 5 nitrogen and oxygen atoms in total. The number of epoxide rings is 2. The van der Waals surface area contributed by atoms with Crippen molar-refractivity contribution in [1.82, 2.24) is 0 Å². The van der Waals surface area contributed by atoms with Gasteiger partial charge in [-0.15, -0.1) is 0 Å². The Labute approximate surface area is 157 Å². The molecule has 1 N–H and O–H groups in total. The van der Waals surface area contributed by atoms with Crippen molar-refractivity contribution < 1.29 is 24.1 Å². The maximum atomic E-state index is 12.9. The molecular formula is C21H36O5. The lowest BCUT2D eigenvalue weighted by Gasteiger charge is -2.42. The minimum Gasteiger partial charge on any atom is -0.459 e. The summed E-state index contributed by atoms with van der Waals surface area (Å²) in [6, 6.07) is 0. The number of carbonyl (C=O) groups is 1. The van der Waals surface area contributed by atoms with Gasteiger partial charge in [-0.05, 0) is 71.1 Å². The molecule has 3 rings (SSSR count). The average Bonchev–Trinajstić information content (AvgIpc) is 3.42. The first-order valence-electron chi connectivity index (χ1n) is 10.0. The van der Waals surface area contributed by atoms with Crippen molar-refractivity contribution in [3.8, 4) is 0 Å². The molecule has 0 aromatic carbocycles. The van der Waals surface area contributed by atoms with Crippen LogP contribution in [0.15, 0.2) is 0 Å². The van der Waals surface area contributed by atoms with E-state index in [1.807, 2.05) is 13.8 Å². The van der Waals surface area contributed by atoms with Gasteiger partial charge in [0.2, 0.25) is 0 Å². The maximum absolute atomic E-state index is 12.9. The molecule has 3 fully saturated rings. The van der Waals surface area contributed by atoms with Gasteiger partial charge < -0.3 is 19.3 Å². The van der Waals surface area contributed by atoms with E-state index in [2.05, 4.69) is 20.8 Å². The fraction of sp³-hybridized carbons (Fsp3) is 0.952. The van der Waals surface area contributed by atoms with E-state index < -0.39 is 17.1 Å². The van der Waals surface area contributed by atoms with E-state index in [-0.39, 0.29) is 17.0 Å². The third-order valence-electron chi connectivity index (χ3n) is 7.06. The predicted molar refractivity (Wildman–Crippen MR) is 98.7 cm³/mol. The summed E-state index contributed by atoms with van der Waals surface area (Å²) in [6.45, 7) is 13.8. The first kappa shape index (κ1) is 20.1. The van der Waals surface area contributed by atoms with E-state index in [0.717, 1.165) is 32.5 Å². The SMILES string of the molecule is CC(C)(CCC(C)(C)C1CO1)C(=O)OC1CC(C2(C)CO2)CCC1(C)O. The molecule has 26 heavy (non-hydrogen) atoms. The summed E-state index contributed by atoms with van der Waals surface area (Å²) >= 11 is 0. The number of aliphatic hydroxyl groups is 1. The molecule has 0 bridgehead atoms. The summed E-state index contributed by atoms with van der Waals surface area (Å²) in [6.07, 6.45) is 3.74. The van der Waals surface area contributed by atoms with Gasteiger partial charge in [0.15, 0.2) is 0 Å². The largest absolute Gasteiger partial charge is 0.459 e. The topological polar surface area (TPSA) is 71.6 Å². The van der Waals surface area contributed by atoms with Gasteiger partial charge in [-0.25, -0.2) is 0 Å². The number of carbonyl (C=O) groups excluding carboxylic acids is 1. The van der Waals surface area contributed by atoms with E-state index in [4.69, 9.17) is 14.2 Å². The lowest BCUT2D eigenvalue weighted by atomic mass is 9.72. The molecule has 150 valence electrons. The van der Waals surface area contributed by atoms with Crippen LogP contribution in [-0.4, -0.2) is 47.7 Å². The molecular weight excluding hydrogens is 332 g/mol. The Balaban J connectivity index is 1.58. The van der Waals surface area contributed by atoms with Gasteiger partial charge in [0, 0.05) is 0 Å². The standard InChI is InChI=1S/C21H36O5/c1-18(2,16-12-24-16)9-10-19(3,4)17(22)26-15-11-14(21(6)13-25-21)7-8-20(15,5)23/h14-16,23H,7-13H2,1-6H3. The monoisotopic (exact) mass is 368 g/mol. The molecule has 2 saturated heterocycles. The van der Waals surface area contributed by atoms with Crippen LogP contribution in [0.1, 0.15) is 73.6 Å². The normalized spacial score (nSPS) is 40.2. The highest BCUT2D eigenvalue weighted by Gasteiger charge is 2.53. The van der Waals surface area contributed by atoms with Gasteiger partial charge in [-0.3, -0.25) is 4.79 Å². The van der Waals surface area contributed by atoms with Gasteiger partial charge in [0.1, 0.15) is 6.10 Å². The fourth-order valence-electron chi connectivity index (χ4n) is 4.02. The van der Waals surface area contributed by atoms with E-state index in [1.54, 1.807) is 6.92 Å². The van der Waals surface area contributed by atoms with E-state index in [9.17, 15) is 9.90 Å². The molecule has 0 aromatic rings. The van der Waals surface area contributed by atoms with Crippen LogP contribution in [0.4, 0.5) is 0 Å². The van der Waals surface area contributed by atoms with Crippen molar-refractivity contribution in [2.24, 2.45) is 16.7 Å². The van der Waals surface area contributed by atoms with Crippen LogP contribution in [0, 0.1) is 16.7 Å². The molecule has 0 aromatic heterocycles. The van der Waals surface area contributed by atoms with Crippen LogP contribution in [0.25, 0.3) is 0 Å². The molecule has 2 aliphatic heterocycles. The average molecular weight is 369 g/mol. The number of hydrogen-bond acceptors (Lipinski definition) is 5. The predicted octanol–water partition coefficient (Wildman–Crippen LogP) is 3.47. The third kappa shape index (κ3) is 4.26. The van der Waals surface area contributed by atoms with Gasteiger partial charge in [-0.1, -0.05) is 13.8 Å². The van der Waals surface area contributed by atoms with Crippen LogP contribution in [0.2, 0.25) is 0 Å². The highest BCUT2D eigenvalue weighted by molar-refractivity contribution is 5.76. The Kier molecular flexibility index (Phi) is 4.99. The van der Waals surface area contributed by atoms with Crippen LogP contribution in [0.5, 0.6) is 0 Å².